The van der Waals surface area contributed by atoms with Crippen LogP contribution < -0.4 is 9.64 Å². The largest absolute Gasteiger partial charge is 0.476 e. The molecule has 3 aromatic rings. The maximum Gasteiger partial charge on any atom is 0.243 e. The van der Waals surface area contributed by atoms with E-state index in [1.807, 2.05) is 62.0 Å². The van der Waals surface area contributed by atoms with Gasteiger partial charge in [0.2, 0.25) is 11.8 Å². The quantitative estimate of drug-likeness (QED) is 0.541. The van der Waals surface area contributed by atoms with Crippen molar-refractivity contribution < 1.29 is 9.53 Å². The van der Waals surface area contributed by atoms with E-state index in [9.17, 15) is 4.79 Å². The first-order chi connectivity index (χ1) is 13.5. The zero-order valence-electron chi connectivity index (χ0n) is 16.5. The number of ether oxygens (including phenoxy) is 1. The van der Waals surface area contributed by atoms with Gasteiger partial charge >= 0.3 is 0 Å². The van der Waals surface area contributed by atoms with Crippen LogP contribution in [0.5, 0.6) is 5.88 Å². The van der Waals surface area contributed by atoms with E-state index in [0.29, 0.717) is 23.5 Å². The molecule has 0 saturated carbocycles. The number of benzene rings is 1. The summed E-state index contributed by atoms with van der Waals surface area (Å²) < 4.78 is 9.30. The molecule has 0 fully saturated rings. The Balaban J connectivity index is 1.73. The fraction of sp³-hybridized carbons (Fsp3) is 0.368. The molecule has 2 aromatic heterocycles. The van der Waals surface area contributed by atoms with E-state index >= 15 is 0 Å². The second-order valence-corrected chi connectivity index (χ2v) is 7.02. The first-order valence-electron chi connectivity index (χ1n) is 9.09. The lowest BCUT2D eigenvalue weighted by Crippen LogP contribution is -2.27. The second-order valence-electron chi connectivity index (χ2n) is 6.08. The van der Waals surface area contributed by atoms with Crippen LogP contribution >= 0.6 is 11.8 Å². The van der Waals surface area contributed by atoms with E-state index in [-0.39, 0.29) is 11.7 Å². The zero-order chi connectivity index (χ0) is 20.1. The summed E-state index contributed by atoms with van der Waals surface area (Å²) in [5, 5.41) is 13.6. The standard InChI is InChI=1S/C19H24N6O2S/c1-5-25-12-15(18(22-25)27-6-2)17-20-21-19(24(17)4)28-13-16(26)23(3)14-10-8-7-9-11-14/h7-12H,5-6,13H2,1-4H3. The fourth-order valence-corrected chi connectivity index (χ4v) is 3.48. The lowest BCUT2D eigenvalue weighted by atomic mass is 10.3. The Bertz CT molecular complexity index is 937. The predicted octanol–water partition coefficient (Wildman–Crippen LogP) is 2.85. The minimum Gasteiger partial charge on any atom is -0.476 e. The fourth-order valence-electron chi connectivity index (χ4n) is 2.66. The first-order valence-corrected chi connectivity index (χ1v) is 10.1. The Morgan fingerprint density at radius 3 is 2.64 bits per heavy atom. The molecule has 0 atom stereocenters. The molecule has 0 N–H and O–H groups in total. The van der Waals surface area contributed by atoms with Gasteiger partial charge in [-0.1, -0.05) is 30.0 Å². The van der Waals surface area contributed by atoms with Gasteiger partial charge in [-0.25, -0.2) is 0 Å². The highest BCUT2D eigenvalue weighted by atomic mass is 32.2. The van der Waals surface area contributed by atoms with Crippen LogP contribution in [0.3, 0.4) is 0 Å². The Hall–Kier alpha value is -2.81. The molecule has 0 saturated heterocycles. The number of aryl methyl sites for hydroxylation is 1. The molecular formula is C19H24N6O2S. The molecule has 28 heavy (non-hydrogen) atoms. The third kappa shape index (κ3) is 4.19. The number of anilines is 1. The van der Waals surface area contributed by atoms with Crippen LogP contribution in [-0.4, -0.2) is 49.9 Å². The number of thioether (sulfide) groups is 1. The number of carbonyl (C=O) groups excluding carboxylic acids is 1. The molecule has 0 spiro atoms. The number of hydrogen-bond donors (Lipinski definition) is 0. The van der Waals surface area contributed by atoms with Gasteiger partial charge in [-0.2, -0.15) is 0 Å². The van der Waals surface area contributed by atoms with Gasteiger partial charge in [0.1, 0.15) is 5.56 Å². The smallest absolute Gasteiger partial charge is 0.243 e. The monoisotopic (exact) mass is 400 g/mol. The van der Waals surface area contributed by atoms with E-state index < -0.39 is 0 Å². The summed E-state index contributed by atoms with van der Waals surface area (Å²) >= 11 is 1.36. The SMILES string of the molecule is CCOc1nn(CC)cc1-c1nnc(SCC(=O)N(C)c2ccccc2)n1C. The molecule has 3 rings (SSSR count). The number of para-hydroxylation sites is 1. The number of rotatable bonds is 8. The zero-order valence-corrected chi connectivity index (χ0v) is 17.3. The van der Waals surface area contributed by atoms with Gasteiger partial charge in [0.25, 0.3) is 0 Å². The van der Waals surface area contributed by atoms with E-state index in [4.69, 9.17) is 4.74 Å². The Labute approximate surface area is 168 Å². The normalized spacial score (nSPS) is 10.9. The molecule has 1 amide bonds. The van der Waals surface area contributed by atoms with Crippen LogP contribution in [0.4, 0.5) is 5.69 Å². The molecule has 0 aliphatic rings. The predicted molar refractivity (Wildman–Crippen MR) is 110 cm³/mol. The first kappa shape index (κ1) is 19.9. The highest BCUT2D eigenvalue weighted by molar-refractivity contribution is 7.99. The lowest BCUT2D eigenvalue weighted by molar-refractivity contribution is -0.115. The van der Waals surface area contributed by atoms with Gasteiger partial charge < -0.3 is 14.2 Å². The molecule has 2 heterocycles. The molecule has 0 bridgehead atoms. The van der Waals surface area contributed by atoms with E-state index in [1.165, 1.54) is 11.8 Å². The van der Waals surface area contributed by atoms with Gasteiger partial charge in [-0.3, -0.25) is 9.48 Å². The third-order valence-electron chi connectivity index (χ3n) is 4.25. The van der Waals surface area contributed by atoms with Gasteiger partial charge in [0, 0.05) is 32.5 Å². The van der Waals surface area contributed by atoms with E-state index in [2.05, 4.69) is 15.3 Å². The summed E-state index contributed by atoms with van der Waals surface area (Å²) in [6.07, 6.45) is 1.90. The summed E-state index contributed by atoms with van der Waals surface area (Å²) in [5.74, 6) is 1.46. The Morgan fingerprint density at radius 1 is 1.21 bits per heavy atom. The minimum absolute atomic E-state index is 0.00504. The summed E-state index contributed by atoms with van der Waals surface area (Å²) in [6, 6.07) is 9.56. The van der Waals surface area contributed by atoms with Crippen LogP contribution in [-0.2, 0) is 18.4 Å². The Kier molecular flexibility index (Phi) is 6.35. The number of amides is 1. The van der Waals surface area contributed by atoms with Crippen molar-refractivity contribution in [2.45, 2.75) is 25.5 Å². The summed E-state index contributed by atoms with van der Waals surface area (Å²) in [7, 11) is 3.65. The second kappa shape index (κ2) is 8.92. The van der Waals surface area contributed by atoms with Crippen LogP contribution in [0.15, 0.2) is 41.7 Å². The van der Waals surface area contributed by atoms with Gasteiger partial charge in [0.15, 0.2) is 11.0 Å². The van der Waals surface area contributed by atoms with Gasteiger partial charge in [-0.05, 0) is 26.0 Å². The molecule has 0 aliphatic heterocycles. The topological polar surface area (TPSA) is 78.1 Å². The van der Waals surface area contributed by atoms with Crippen LogP contribution in [0.1, 0.15) is 13.8 Å². The van der Waals surface area contributed by atoms with Crippen molar-refractivity contribution in [2.75, 3.05) is 24.3 Å². The van der Waals surface area contributed by atoms with Gasteiger partial charge in [0.05, 0.1) is 12.4 Å². The summed E-state index contributed by atoms with van der Waals surface area (Å²) in [5.41, 5.74) is 1.65. The van der Waals surface area contributed by atoms with Crippen molar-refractivity contribution >= 4 is 23.4 Å². The van der Waals surface area contributed by atoms with Crippen molar-refractivity contribution in [2.24, 2.45) is 7.05 Å². The van der Waals surface area contributed by atoms with Gasteiger partial charge in [-0.15, -0.1) is 15.3 Å². The maximum absolute atomic E-state index is 12.5. The number of carbonyl (C=O) groups is 1. The molecule has 8 nitrogen and oxygen atoms in total. The molecule has 9 heteroatoms. The van der Waals surface area contributed by atoms with Crippen molar-refractivity contribution in [1.82, 2.24) is 24.5 Å². The van der Waals surface area contributed by atoms with Crippen molar-refractivity contribution in [3.63, 3.8) is 0 Å². The van der Waals surface area contributed by atoms with Crippen molar-refractivity contribution in [3.8, 4) is 17.3 Å². The third-order valence-corrected chi connectivity index (χ3v) is 5.26. The number of nitrogens with zero attached hydrogens (tertiary/aromatic N) is 6. The molecule has 0 radical (unpaired) electrons. The lowest BCUT2D eigenvalue weighted by Gasteiger charge is -2.16. The van der Waals surface area contributed by atoms with Crippen LogP contribution in [0, 0.1) is 0 Å². The molecule has 148 valence electrons. The van der Waals surface area contributed by atoms with Crippen LogP contribution in [0.25, 0.3) is 11.4 Å². The Morgan fingerprint density at radius 2 is 1.96 bits per heavy atom. The molecule has 0 aliphatic carbocycles. The summed E-state index contributed by atoms with van der Waals surface area (Å²) in [6.45, 7) is 5.19. The van der Waals surface area contributed by atoms with Crippen molar-refractivity contribution in [1.29, 1.82) is 0 Å². The highest BCUT2D eigenvalue weighted by Crippen LogP contribution is 2.29. The summed E-state index contributed by atoms with van der Waals surface area (Å²) in [4.78, 5) is 14.1. The average Bonchev–Trinajstić information content (AvgIpc) is 3.29. The average molecular weight is 401 g/mol. The van der Waals surface area contributed by atoms with E-state index in [1.54, 1.807) is 16.6 Å². The molecular weight excluding hydrogens is 376 g/mol. The minimum atomic E-state index is -0.00504. The van der Waals surface area contributed by atoms with Crippen LogP contribution in [0.2, 0.25) is 0 Å². The molecule has 0 unspecified atom stereocenters. The maximum atomic E-state index is 12.5. The number of aromatic nitrogens is 5. The highest BCUT2D eigenvalue weighted by Gasteiger charge is 2.20. The van der Waals surface area contributed by atoms with E-state index in [0.717, 1.165) is 17.8 Å². The molecule has 1 aromatic carbocycles. The number of hydrogen-bond acceptors (Lipinski definition) is 6. The van der Waals surface area contributed by atoms with Crippen molar-refractivity contribution in [3.05, 3.63) is 36.5 Å².